The van der Waals surface area contributed by atoms with Gasteiger partial charge < -0.3 is 19.9 Å². The monoisotopic (exact) mass is 578 g/mol. The van der Waals surface area contributed by atoms with Gasteiger partial charge in [-0.15, -0.1) is 0 Å². The smallest absolute Gasteiger partial charge is 0.326 e. The van der Waals surface area contributed by atoms with Crippen LogP contribution in [0.3, 0.4) is 0 Å². The van der Waals surface area contributed by atoms with Crippen LogP contribution in [-0.4, -0.2) is 76.8 Å². The summed E-state index contributed by atoms with van der Waals surface area (Å²) in [6.45, 7) is -0.133. The van der Waals surface area contributed by atoms with Crippen molar-refractivity contribution in [3.63, 3.8) is 0 Å². The third kappa shape index (κ3) is 6.65. The Hall–Kier alpha value is -3.36. The second-order valence-electron chi connectivity index (χ2n) is 12.5. The van der Waals surface area contributed by atoms with E-state index in [4.69, 9.17) is 4.74 Å². The molecule has 0 saturated heterocycles. The molecule has 3 aliphatic rings. The van der Waals surface area contributed by atoms with Gasteiger partial charge in [-0.05, 0) is 50.7 Å². The molecule has 3 aliphatic carbocycles. The minimum atomic E-state index is -0.752. The van der Waals surface area contributed by atoms with E-state index >= 15 is 0 Å². The highest BCUT2D eigenvalue weighted by molar-refractivity contribution is 6.45. The van der Waals surface area contributed by atoms with Crippen LogP contribution >= 0.6 is 0 Å². The molecule has 1 aromatic heterocycles. The number of Topliss-reactive ketones (excluding diaryl/α,β-unsaturated/α-hetero) is 1. The lowest BCUT2D eigenvalue weighted by Gasteiger charge is -2.42. The number of ketones is 1. The second-order valence-corrected chi connectivity index (χ2v) is 12.5. The maximum atomic E-state index is 13.7. The summed E-state index contributed by atoms with van der Waals surface area (Å²) in [5.74, 6) is -1.01. The van der Waals surface area contributed by atoms with E-state index in [0.29, 0.717) is 16.7 Å². The third-order valence-corrected chi connectivity index (χ3v) is 9.55. The van der Waals surface area contributed by atoms with E-state index in [2.05, 4.69) is 10.2 Å². The second kappa shape index (κ2) is 13.7. The Kier molecular flexibility index (Phi) is 9.85. The highest BCUT2D eigenvalue weighted by Crippen LogP contribution is 2.31. The summed E-state index contributed by atoms with van der Waals surface area (Å²) in [6, 6.07) is 5.31. The number of benzene rings is 1. The molecule has 0 radical (unpaired) electrons. The highest BCUT2D eigenvalue weighted by Gasteiger charge is 2.34. The van der Waals surface area contributed by atoms with Crippen molar-refractivity contribution in [2.24, 2.45) is 0 Å². The number of likely N-dealkylation sites (N-methyl/N-ethyl adjacent to an activating group) is 1. The fourth-order valence-corrected chi connectivity index (χ4v) is 7.24. The van der Waals surface area contributed by atoms with Gasteiger partial charge in [0.1, 0.15) is 5.75 Å². The molecule has 1 aromatic carbocycles. The van der Waals surface area contributed by atoms with Gasteiger partial charge in [-0.1, -0.05) is 57.8 Å². The molecule has 0 unspecified atom stereocenters. The van der Waals surface area contributed by atoms with Crippen molar-refractivity contribution in [2.45, 2.75) is 114 Å². The van der Waals surface area contributed by atoms with Gasteiger partial charge in [0.15, 0.2) is 0 Å². The van der Waals surface area contributed by atoms with Crippen molar-refractivity contribution in [3.05, 3.63) is 30.0 Å². The van der Waals surface area contributed by atoms with Gasteiger partial charge in [-0.25, -0.2) is 4.79 Å². The summed E-state index contributed by atoms with van der Waals surface area (Å²) in [6.07, 6.45) is 17.5. The van der Waals surface area contributed by atoms with Crippen molar-refractivity contribution in [3.8, 4) is 5.75 Å². The first-order chi connectivity index (χ1) is 20.4. The number of hydrogen-bond donors (Lipinski definition) is 1. The van der Waals surface area contributed by atoms with Crippen molar-refractivity contribution >= 4 is 34.5 Å². The van der Waals surface area contributed by atoms with Crippen molar-refractivity contribution in [1.29, 1.82) is 0 Å². The van der Waals surface area contributed by atoms with Gasteiger partial charge in [-0.2, -0.15) is 0 Å². The molecule has 0 bridgehead atoms. The zero-order valence-electron chi connectivity index (χ0n) is 25.2. The van der Waals surface area contributed by atoms with Crippen LogP contribution in [0.5, 0.6) is 5.75 Å². The van der Waals surface area contributed by atoms with Gasteiger partial charge in [-0.3, -0.25) is 19.0 Å². The number of nitrogens with zero attached hydrogens (tertiary/aromatic N) is 3. The van der Waals surface area contributed by atoms with Crippen LogP contribution in [0.4, 0.5) is 4.79 Å². The standard InChI is InChI=1S/C33H46N4O5/c1-35(22-30(38)37(24-14-8-4-9-15-24)25-16-10-5-11-17-25)32(40)31(39)28-21-36(29-20-26(42-2)18-19-27(28)29)33(41)34-23-12-6-3-7-13-23/h18-21,23-25H,3-17,22H2,1-2H3,(H,34,41). The number of ether oxygens (including phenoxy) is 1. The number of aromatic nitrogens is 1. The summed E-state index contributed by atoms with van der Waals surface area (Å²) in [5.41, 5.74) is 0.644. The fraction of sp³-hybridized carbons (Fsp3) is 0.636. The first-order valence-electron chi connectivity index (χ1n) is 16.0. The molecule has 0 aliphatic heterocycles. The Morgan fingerprint density at radius 1 is 0.857 bits per heavy atom. The predicted octanol–water partition coefficient (Wildman–Crippen LogP) is 5.68. The zero-order chi connectivity index (χ0) is 29.6. The van der Waals surface area contributed by atoms with E-state index < -0.39 is 11.7 Å². The van der Waals surface area contributed by atoms with Crippen LogP contribution in [0.25, 0.3) is 10.9 Å². The lowest BCUT2D eigenvalue weighted by Crippen LogP contribution is -2.52. The Morgan fingerprint density at radius 3 is 2.00 bits per heavy atom. The van der Waals surface area contributed by atoms with Crippen molar-refractivity contribution < 1.29 is 23.9 Å². The Morgan fingerprint density at radius 2 is 1.43 bits per heavy atom. The topological polar surface area (TPSA) is 101 Å². The van der Waals surface area contributed by atoms with E-state index in [0.717, 1.165) is 77.0 Å². The molecule has 0 atom stereocenters. The minimum absolute atomic E-state index is 0.0727. The highest BCUT2D eigenvalue weighted by atomic mass is 16.5. The normalized spacial score (nSPS) is 18.9. The molecule has 3 saturated carbocycles. The van der Waals surface area contributed by atoms with Gasteiger partial charge in [0.05, 0.1) is 24.7 Å². The number of methoxy groups -OCH3 is 1. The molecule has 3 fully saturated rings. The van der Waals surface area contributed by atoms with E-state index in [1.54, 1.807) is 25.3 Å². The molecule has 9 heteroatoms. The molecule has 5 rings (SSSR count). The Bertz CT molecular complexity index is 1270. The summed E-state index contributed by atoms with van der Waals surface area (Å²) in [4.78, 5) is 57.5. The van der Waals surface area contributed by atoms with E-state index in [9.17, 15) is 19.2 Å². The molecule has 3 amide bonds. The SMILES string of the molecule is COc1ccc2c(C(=O)C(=O)N(C)CC(=O)N(C3CCCCC3)C3CCCCC3)cn(C(=O)NC3CCCCC3)c2c1. The molecular formula is C33H46N4O5. The van der Waals surface area contributed by atoms with E-state index in [-0.39, 0.29) is 42.2 Å². The molecule has 2 aromatic rings. The minimum Gasteiger partial charge on any atom is -0.497 e. The van der Waals surface area contributed by atoms with Crippen LogP contribution in [0, 0.1) is 0 Å². The van der Waals surface area contributed by atoms with Gasteiger partial charge in [0.25, 0.3) is 11.7 Å². The number of rotatable bonds is 8. The van der Waals surface area contributed by atoms with E-state index in [1.807, 2.05) is 0 Å². The summed E-state index contributed by atoms with van der Waals surface area (Å²) in [7, 11) is 3.07. The van der Waals surface area contributed by atoms with Gasteiger partial charge in [0.2, 0.25) is 5.91 Å². The number of amides is 3. The van der Waals surface area contributed by atoms with Crippen LogP contribution in [0.1, 0.15) is 107 Å². The molecule has 1 N–H and O–H groups in total. The molecule has 42 heavy (non-hydrogen) atoms. The number of carbonyl (C=O) groups is 4. The Labute approximate surface area is 248 Å². The largest absolute Gasteiger partial charge is 0.497 e. The van der Waals surface area contributed by atoms with Gasteiger partial charge >= 0.3 is 6.03 Å². The van der Waals surface area contributed by atoms with Crippen LogP contribution in [0.15, 0.2) is 24.4 Å². The first-order valence-corrected chi connectivity index (χ1v) is 16.0. The number of fused-ring (bicyclic) bond motifs is 1. The zero-order valence-corrected chi connectivity index (χ0v) is 25.2. The maximum absolute atomic E-state index is 13.7. The summed E-state index contributed by atoms with van der Waals surface area (Å²) in [5, 5.41) is 3.60. The van der Waals surface area contributed by atoms with Crippen molar-refractivity contribution in [1.82, 2.24) is 19.7 Å². The number of carbonyl (C=O) groups excluding carboxylic acids is 4. The van der Waals surface area contributed by atoms with E-state index in [1.165, 1.54) is 42.0 Å². The maximum Gasteiger partial charge on any atom is 0.326 e. The van der Waals surface area contributed by atoms with Crippen molar-refractivity contribution in [2.75, 3.05) is 20.7 Å². The quantitative estimate of drug-likeness (QED) is 0.321. The summed E-state index contributed by atoms with van der Waals surface area (Å²) < 4.78 is 6.79. The average Bonchev–Trinajstić information content (AvgIpc) is 3.41. The first kappa shape index (κ1) is 30.1. The molecule has 0 spiro atoms. The number of hydrogen-bond acceptors (Lipinski definition) is 5. The van der Waals surface area contributed by atoms with Crippen LogP contribution < -0.4 is 10.1 Å². The summed E-state index contributed by atoms with van der Waals surface area (Å²) >= 11 is 0. The average molecular weight is 579 g/mol. The lowest BCUT2D eigenvalue weighted by molar-refractivity contribution is -0.142. The Balaban J connectivity index is 1.35. The fourth-order valence-electron chi connectivity index (χ4n) is 7.24. The third-order valence-electron chi connectivity index (χ3n) is 9.55. The molecule has 228 valence electrons. The van der Waals surface area contributed by atoms with Gasteiger partial charge in [0, 0.05) is 42.8 Å². The van der Waals surface area contributed by atoms with Crippen LogP contribution in [-0.2, 0) is 9.59 Å². The number of nitrogens with one attached hydrogen (secondary N) is 1. The predicted molar refractivity (Wildman–Crippen MR) is 162 cm³/mol. The van der Waals surface area contributed by atoms with Crippen LogP contribution in [0.2, 0.25) is 0 Å². The lowest BCUT2D eigenvalue weighted by atomic mass is 9.88. The molecule has 9 nitrogen and oxygen atoms in total. The molecule has 1 heterocycles. The molecular weight excluding hydrogens is 532 g/mol.